The van der Waals surface area contributed by atoms with Crippen molar-refractivity contribution in [3.05, 3.63) is 77.2 Å². The van der Waals surface area contributed by atoms with Gasteiger partial charge in [-0.3, -0.25) is 4.79 Å². The van der Waals surface area contributed by atoms with Gasteiger partial charge in [0.15, 0.2) is 5.82 Å². The van der Waals surface area contributed by atoms with Crippen molar-refractivity contribution in [2.24, 2.45) is 0 Å². The number of carbonyl (C=O) groups excluding carboxylic acids is 1. The smallest absolute Gasteiger partial charge is 0.210 e. The van der Waals surface area contributed by atoms with E-state index in [0.717, 1.165) is 12.1 Å². The molecule has 1 aromatic carbocycles. The van der Waals surface area contributed by atoms with Gasteiger partial charge in [-0.2, -0.15) is 5.10 Å². The second-order valence-corrected chi connectivity index (χ2v) is 9.69. The summed E-state index contributed by atoms with van der Waals surface area (Å²) in [6.45, 7) is 1.83. The number of pyridine rings is 1. The zero-order valence-electron chi connectivity index (χ0n) is 18.3. The summed E-state index contributed by atoms with van der Waals surface area (Å²) in [6, 6.07) is 5.59. The maximum Gasteiger partial charge on any atom is 0.210 e. The topological polar surface area (TPSA) is 106 Å². The number of benzene rings is 1. The van der Waals surface area contributed by atoms with Crippen LogP contribution in [0, 0.1) is 11.6 Å². The van der Waals surface area contributed by atoms with Crippen LogP contribution in [0.25, 0.3) is 27.4 Å². The second-order valence-electron chi connectivity index (χ2n) is 7.55. The molecule has 0 radical (unpaired) electrons. The van der Waals surface area contributed by atoms with Crippen LogP contribution >= 0.6 is 11.3 Å². The summed E-state index contributed by atoms with van der Waals surface area (Å²) in [4.78, 5) is 25.1. The first-order chi connectivity index (χ1) is 17.0. The molecule has 0 aliphatic heterocycles. The van der Waals surface area contributed by atoms with E-state index in [1.165, 1.54) is 17.5 Å². The van der Waals surface area contributed by atoms with Crippen LogP contribution in [0.2, 0.25) is 0 Å². The first-order valence-corrected chi connectivity index (χ1v) is 12.8. The summed E-state index contributed by atoms with van der Waals surface area (Å²) in [6.07, 6.45) is 7.01. The van der Waals surface area contributed by atoms with Crippen LogP contribution in [-0.4, -0.2) is 40.5 Å². The number of nitrogens with one attached hydrogen (secondary N) is 2. The van der Waals surface area contributed by atoms with Gasteiger partial charge in [0.1, 0.15) is 22.5 Å². The molecule has 5 rings (SSSR count). The van der Waals surface area contributed by atoms with Gasteiger partial charge in [-0.15, -0.1) is 11.3 Å². The quantitative estimate of drug-likeness (QED) is 0.289. The predicted octanol–water partition coefficient (Wildman–Crippen LogP) is 4.87. The highest BCUT2D eigenvalue weighted by Gasteiger charge is 2.25. The summed E-state index contributed by atoms with van der Waals surface area (Å²) in [5.41, 5.74) is 0.766. The molecular formula is C23H18F2N6O2S2. The first-order valence-electron chi connectivity index (χ1n) is 10.6. The van der Waals surface area contributed by atoms with Gasteiger partial charge >= 0.3 is 0 Å². The Kier molecular flexibility index (Phi) is 6.22. The number of aromatic nitrogens is 5. The minimum absolute atomic E-state index is 0.0570. The minimum atomic E-state index is -1.55. The van der Waals surface area contributed by atoms with Gasteiger partial charge in [0.05, 0.1) is 16.9 Å². The number of halogens is 2. The summed E-state index contributed by atoms with van der Waals surface area (Å²) >= 11 is 1.39. The zero-order chi connectivity index (χ0) is 24.5. The number of aromatic amines is 1. The van der Waals surface area contributed by atoms with Crippen LogP contribution in [0.5, 0.6) is 0 Å². The molecule has 4 aromatic heterocycles. The van der Waals surface area contributed by atoms with E-state index in [-0.39, 0.29) is 17.0 Å². The highest BCUT2D eigenvalue weighted by molar-refractivity contribution is 7.86. The first kappa shape index (κ1) is 23.0. The second kappa shape index (κ2) is 9.47. The fraction of sp³-hybridized carbons (Fsp3) is 0.130. The molecule has 0 fully saturated rings. The fourth-order valence-electron chi connectivity index (χ4n) is 3.55. The van der Waals surface area contributed by atoms with Crippen molar-refractivity contribution in [2.75, 3.05) is 10.5 Å². The zero-order valence-corrected chi connectivity index (χ0v) is 19.9. The fourth-order valence-corrected chi connectivity index (χ4v) is 5.20. The Balaban J connectivity index is 1.52. The summed E-state index contributed by atoms with van der Waals surface area (Å²) < 4.78 is 45.9. The van der Waals surface area contributed by atoms with Gasteiger partial charge in [-0.1, -0.05) is 6.92 Å². The lowest BCUT2D eigenvalue weighted by atomic mass is 10.0. The number of fused-ring (bicyclic) bond motifs is 1. The van der Waals surface area contributed by atoms with Crippen LogP contribution in [0.15, 0.2) is 54.4 Å². The normalized spacial score (nSPS) is 12.2. The minimum Gasteiger partial charge on any atom is -0.345 e. The molecule has 0 amide bonds. The molecule has 8 nitrogen and oxygen atoms in total. The molecule has 0 aliphatic carbocycles. The Morgan fingerprint density at radius 3 is 2.94 bits per heavy atom. The van der Waals surface area contributed by atoms with E-state index in [9.17, 15) is 13.4 Å². The van der Waals surface area contributed by atoms with Crippen LogP contribution in [0.1, 0.15) is 29.3 Å². The third-order valence-corrected chi connectivity index (χ3v) is 7.25. The average Bonchev–Trinajstić information content (AvgIpc) is 3.61. The lowest BCUT2D eigenvalue weighted by Crippen LogP contribution is -2.13. The van der Waals surface area contributed by atoms with Gasteiger partial charge in [-0.25, -0.2) is 27.6 Å². The number of rotatable bonds is 8. The Labute approximate surface area is 204 Å². The Hall–Kier alpha value is -3.77. The number of hydrogen-bond donors (Lipinski definition) is 2. The van der Waals surface area contributed by atoms with E-state index in [2.05, 4.69) is 24.8 Å². The lowest BCUT2D eigenvalue weighted by Gasteiger charge is -2.10. The molecular weight excluding hydrogens is 494 g/mol. The monoisotopic (exact) mass is 512 g/mol. The van der Waals surface area contributed by atoms with Crippen molar-refractivity contribution >= 4 is 44.8 Å². The highest BCUT2D eigenvalue weighted by atomic mass is 32.2. The van der Waals surface area contributed by atoms with Crippen molar-refractivity contribution in [3.8, 4) is 16.4 Å². The number of ketones is 1. The van der Waals surface area contributed by atoms with Crippen LogP contribution in [-0.2, 0) is 11.0 Å². The molecule has 1 atom stereocenters. The standard InChI is InChI=1S/C23H18F2N6O2S2/c1-2-8-35(33)30-17-5-4-16(24)19(20(17)25)21(32)15-11-27-22-14(15)9-13(10-26-22)18-12-34-23(29-18)31-7-3-6-28-31/h3-7,9-12,30H,2,8H2,1H3,(H,26,27). The molecule has 0 spiro atoms. The Morgan fingerprint density at radius 1 is 1.31 bits per heavy atom. The third-order valence-electron chi connectivity index (χ3n) is 5.20. The number of anilines is 1. The number of H-pyrrole nitrogens is 1. The molecule has 178 valence electrons. The van der Waals surface area contributed by atoms with Crippen molar-refractivity contribution in [1.29, 1.82) is 0 Å². The van der Waals surface area contributed by atoms with Crippen molar-refractivity contribution in [3.63, 3.8) is 0 Å². The van der Waals surface area contributed by atoms with Gasteiger partial charge in [-0.05, 0) is 30.7 Å². The van der Waals surface area contributed by atoms with E-state index in [4.69, 9.17) is 0 Å². The highest BCUT2D eigenvalue weighted by Crippen LogP contribution is 2.30. The molecule has 4 heterocycles. The van der Waals surface area contributed by atoms with E-state index in [0.29, 0.717) is 33.8 Å². The molecule has 1 unspecified atom stereocenters. The molecule has 2 N–H and O–H groups in total. The number of carbonyl (C=O) groups is 1. The number of thiazole rings is 1. The number of nitrogens with zero attached hydrogens (tertiary/aromatic N) is 4. The largest absolute Gasteiger partial charge is 0.345 e. The summed E-state index contributed by atoms with van der Waals surface area (Å²) in [7, 11) is -1.55. The molecule has 35 heavy (non-hydrogen) atoms. The van der Waals surface area contributed by atoms with Crippen LogP contribution in [0.4, 0.5) is 14.5 Å². The molecule has 0 saturated heterocycles. The van der Waals surface area contributed by atoms with Gasteiger partial charge < -0.3 is 9.71 Å². The van der Waals surface area contributed by atoms with E-state index in [1.807, 2.05) is 12.3 Å². The number of hydrogen-bond acceptors (Lipinski definition) is 6. The van der Waals surface area contributed by atoms with Crippen molar-refractivity contribution < 1.29 is 17.8 Å². The van der Waals surface area contributed by atoms with Crippen molar-refractivity contribution in [1.82, 2.24) is 24.7 Å². The maximum atomic E-state index is 15.2. The van der Waals surface area contributed by atoms with Crippen LogP contribution in [0.3, 0.4) is 0 Å². The third kappa shape index (κ3) is 4.37. The molecule has 5 aromatic rings. The van der Waals surface area contributed by atoms with Crippen LogP contribution < -0.4 is 4.72 Å². The molecule has 0 aliphatic rings. The van der Waals surface area contributed by atoms with E-state index < -0.39 is 34.0 Å². The summed E-state index contributed by atoms with van der Waals surface area (Å²) in [5.74, 6) is -2.68. The SMILES string of the molecule is CCCS(=O)Nc1ccc(F)c(C(=O)c2c[nH]c3ncc(-c4csc(-n5cccn5)n4)cc23)c1F. The molecule has 12 heteroatoms. The van der Waals surface area contributed by atoms with Gasteiger partial charge in [0, 0.05) is 52.4 Å². The average molecular weight is 513 g/mol. The van der Waals surface area contributed by atoms with E-state index >= 15 is 4.39 Å². The predicted molar refractivity (Wildman–Crippen MR) is 131 cm³/mol. The molecule has 0 saturated carbocycles. The maximum absolute atomic E-state index is 15.2. The summed E-state index contributed by atoms with van der Waals surface area (Å²) in [5, 5.41) is 7.05. The van der Waals surface area contributed by atoms with Crippen molar-refractivity contribution in [2.45, 2.75) is 13.3 Å². The Morgan fingerprint density at radius 2 is 2.17 bits per heavy atom. The lowest BCUT2D eigenvalue weighted by molar-refractivity contribution is 0.103. The molecule has 0 bridgehead atoms. The Bertz CT molecular complexity index is 1560. The van der Waals surface area contributed by atoms with E-state index in [1.54, 1.807) is 35.4 Å². The van der Waals surface area contributed by atoms with Gasteiger partial charge in [0.25, 0.3) is 0 Å². The van der Waals surface area contributed by atoms with Gasteiger partial charge in [0.2, 0.25) is 10.9 Å².